The Balaban J connectivity index is 2.06. The van der Waals surface area contributed by atoms with Gasteiger partial charge in [0.05, 0.1) is 28.9 Å². The van der Waals surface area contributed by atoms with E-state index in [-0.39, 0.29) is 16.1 Å². The lowest BCUT2D eigenvalue weighted by Gasteiger charge is -2.43. The summed E-state index contributed by atoms with van der Waals surface area (Å²) >= 11 is 5.94. The number of hydrogen-bond donors (Lipinski definition) is 1. The number of rotatable bonds is 5. The van der Waals surface area contributed by atoms with Crippen molar-refractivity contribution in [3.05, 3.63) is 58.1 Å². The SMILES string of the molecule is CCN1c2cc(OC)c(C=Nc3ccc(Cl)c(C(=O)O)c3)cc2C(C)=CC1(C)C. The molecule has 0 spiro atoms. The van der Waals surface area contributed by atoms with Crippen LogP contribution in [0.25, 0.3) is 5.57 Å². The van der Waals surface area contributed by atoms with Gasteiger partial charge in [0.15, 0.2) is 0 Å². The standard InChI is InChI=1S/C23H25ClN2O3/c1-6-26-20-11-21(29-5)15(9-17(20)14(2)12-23(26,3)4)13-25-16-7-8-19(24)18(10-16)22(27)28/h7-13H,6H2,1-5H3,(H,27,28). The van der Waals surface area contributed by atoms with Crippen LogP contribution in [-0.2, 0) is 0 Å². The Morgan fingerprint density at radius 1 is 1.31 bits per heavy atom. The number of aromatic carboxylic acids is 1. The summed E-state index contributed by atoms with van der Waals surface area (Å²) in [6, 6.07) is 8.79. The van der Waals surface area contributed by atoms with Gasteiger partial charge in [0.2, 0.25) is 0 Å². The number of aliphatic imine (C=N–C) groups is 1. The lowest BCUT2D eigenvalue weighted by Crippen LogP contribution is -2.44. The summed E-state index contributed by atoms with van der Waals surface area (Å²) in [6.07, 6.45) is 3.96. The van der Waals surface area contributed by atoms with Crippen molar-refractivity contribution in [3.63, 3.8) is 0 Å². The van der Waals surface area contributed by atoms with Crippen LogP contribution in [0.1, 0.15) is 49.2 Å². The van der Waals surface area contributed by atoms with Crippen molar-refractivity contribution in [2.75, 3.05) is 18.6 Å². The van der Waals surface area contributed by atoms with Gasteiger partial charge < -0.3 is 14.7 Å². The number of likely N-dealkylation sites (N-methyl/N-ethyl adjacent to an activating group) is 1. The minimum atomic E-state index is -1.08. The number of carbonyl (C=O) groups is 1. The Morgan fingerprint density at radius 3 is 2.66 bits per heavy atom. The second-order valence-electron chi connectivity index (χ2n) is 7.56. The number of nitrogens with zero attached hydrogens (tertiary/aromatic N) is 2. The molecule has 0 unspecified atom stereocenters. The zero-order valence-corrected chi connectivity index (χ0v) is 18.0. The predicted octanol–water partition coefficient (Wildman–Crippen LogP) is 5.82. The van der Waals surface area contributed by atoms with E-state index in [1.807, 2.05) is 6.07 Å². The largest absolute Gasteiger partial charge is 0.496 e. The summed E-state index contributed by atoms with van der Waals surface area (Å²) in [5, 5.41) is 9.43. The first-order valence-corrected chi connectivity index (χ1v) is 9.82. The fourth-order valence-corrected chi connectivity index (χ4v) is 4.08. The number of allylic oxidation sites excluding steroid dienone is 1. The molecule has 5 nitrogen and oxygen atoms in total. The first-order valence-electron chi connectivity index (χ1n) is 9.44. The van der Waals surface area contributed by atoms with Crippen LogP contribution in [0, 0.1) is 0 Å². The molecule has 0 bridgehead atoms. The quantitative estimate of drug-likeness (QED) is 0.628. The van der Waals surface area contributed by atoms with Gasteiger partial charge >= 0.3 is 5.97 Å². The predicted molar refractivity (Wildman–Crippen MR) is 119 cm³/mol. The number of carboxylic acids is 1. The van der Waals surface area contributed by atoms with Gasteiger partial charge in [-0.15, -0.1) is 0 Å². The van der Waals surface area contributed by atoms with Crippen molar-refractivity contribution >= 4 is 40.7 Å². The second kappa shape index (κ2) is 7.91. The normalized spacial score (nSPS) is 15.2. The third-order valence-corrected chi connectivity index (χ3v) is 5.51. The smallest absolute Gasteiger partial charge is 0.337 e. The Bertz CT molecular complexity index is 1030. The molecule has 0 fully saturated rings. The maximum Gasteiger partial charge on any atom is 0.337 e. The maximum atomic E-state index is 11.3. The van der Waals surface area contributed by atoms with Crippen molar-refractivity contribution in [1.29, 1.82) is 0 Å². The molecule has 1 N–H and O–H groups in total. The Labute approximate surface area is 176 Å². The number of carboxylic acid groups (broad SMARTS) is 1. The van der Waals surface area contributed by atoms with E-state index in [0.717, 1.165) is 23.4 Å². The molecule has 152 valence electrons. The highest BCUT2D eigenvalue weighted by Crippen LogP contribution is 2.41. The van der Waals surface area contributed by atoms with E-state index >= 15 is 0 Å². The molecule has 0 amide bonds. The molecule has 0 saturated heterocycles. The summed E-state index contributed by atoms with van der Waals surface area (Å²) < 4.78 is 5.62. The van der Waals surface area contributed by atoms with E-state index in [1.165, 1.54) is 17.7 Å². The lowest BCUT2D eigenvalue weighted by atomic mass is 9.88. The Morgan fingerprint density at radius 2 is 2.03 bits per heavy atom. The topological polar surface area (TPSA) is 62.1 Å². The average Bonchev–Trinajstić information content (AvgIpc) is 2.66. The fraction of sp³-hybridized carbons (Fsp3) is 0.304. The highest BCUT2D eigenvalue weighted by Gasteiger charge is 2.31. The van der Waals surface area contributed by atoms with E-state index in [1.54, 1.807) is 19.4 Å². The number of ether oxygens (including phenoxy) is 1. The van der Waals surface area contributed by atoms with Gasteiger partial charge in [-0.25, -0.2) is 4.79 Å². The summed E-state index contributed by atoms with van der Waals surface area (Å²) in [5.41, 5.74) is 4.74. The molecule has 3 rings (SSSR count). The molecule has 2 aromatic rings. The number of hydrogen-bond acceptors (Lipinski definition) is 4. The third-order valence-electron chi connectivity index (χ3n) is 5.18. The van der Waals surface area contributed by atoms with Crippen LogP contribution in [0.4, 0.5) is 11.4 Å². The minimum Gasteiger partial charge on any atom is -0.496 e. The highest BCUT2D eigenvalue weighted by atomic mass is 35.5. The fourth-order valence-electron chi connectivity index (χ4n) is 3.88. The first-order chi connectivity index (χ1) is 13.7. The summed E-state index contributed by atoms with van der Waals surface area (Å²) in [4.78, 5) is 18.1. The number of halogens is 1. The molecule has 1 aliphatic rings. The molecule has 6 heteroatoms. The van der Waals surface area contributed by atoms with Gasteiger partial charge in [0.1, 0.15) is 5.75 Å². The van der Waals surface area contributed by atoms with Gasteiger partial charge in [-0.2, -0.15) is 0 Å². The van der Waals surface area contributed by atoms with Crippen LogP contribution in [0.2, 0.25) is 5.02 Å². The summed E-state index contributed by atoms with van der Waals surface area (Å²) in [7, 11) is 1.64. The number of fused-ring (bicyclic) bond motifs is 1. The van der Waals surface area contributed by atoms with Gasteiger partial charge in [-0.3, -0.25) is 4.99 Å². The van der Waals surface area contributed by atoms with Crippen LogP contribution < -0.4 is 9.64 Å². The maximum absolute atomic E-state index is 11.3. The van der Waals surface area contributed by atoms with Crippen LogP contribution in [-0.4, -0.2) is 36.5 Å². The minimum absolute atomic E-state index is 0.0262. The van der Waals surface area contributed by atoms with Crippen LogP contribution in [0.3, 0.4) is 0 Å². The molecular formula is C23H25ClN2O3. The van der Waals surface area contributed by atoms with E-state index in [0.29, 0.717) is 11.4 Å². The van der Waals surface area contributed by atoms with E-state index < -0.39 is 5.97 Å². The molecule has 29 heavy (non-hydrogen) atoms. The lowest BCUT2D eigenvalue weighted by molar-refractivity contribution is 0.0697. The zero-order valence-electron chi connectivity index (χ0n) is 17.3. The molecule has 1 heterocycles. The molecule has 0 aliphatic carbocycles. The molecule has 2 aromatic carbocycles. The molecule has 1 aliphatic heterocycles. The Hall–Kier alpha value is -2.79. The van der Waals surface area contributed by atoms with Crippen LogP contribution >= 0.6 is 11.6 Å². The number of methoxy groups -OCH3 is 1. The average molecular weight is 413 g/mol. The zero-order chi connectivity index (χ0) is 21.3. The van der Waals surface area contributed by atoms with Crippen molar-refractivity contribution in [2.24, 2.45) is 4.99 Å². The first kappa shape index (κ1) is 20.9. The Kier molecular flexibility index (Phi) is 5.71. The van der Waals surface area contributed by atoms with Crippen LogP contribution in [0.5, 0.6) is 5.75 Å². The van der Waals surface area contributed by atoms with E-state index in [9.17, 15) is 9.90 Å². The monoisotopic (exact) mass is 412 g/mol. The summed E-state index contributed by atoms with van der Waals surface area (Å²) in [5.74, 6) is -0.370. The molecular weight excluding hydrogens is 388 g/mol. The van der Waals surface area contributed by atoms with Gasteiger partial charge in [0, 0.05) is 35.6 Å². The van der Waals surface area contributed by atoms with Crippen molar-refractivity contribution in [3.8, 4) is 5.75 Å². The van der Waals surface area contributed by atoms with Crippen LogP contribution in [0.15, 0.2) is 41.4 Å². The van der Waals surface area contributed by atoms with E-state index in [4.69, 9.17) is 16.3 Å². The van der Waals surface area contributed by atoms with Gasteiger partial charge in [-0.05, 0) is 57.5 Å². The van der Waals surface area contributed by atoms with E-state index in [2.05, 4.69) is 49.7 Å². The van der Waals surface area contributed by atoms with Gasteiger partial charge in [-0.1, -0.05) is 17.7 Å². The molecule has 0 radical (unpaired) electrons. The number of anilines is 1. The van der Waals surface area contributed by atoms with Crippen molar-refractivity contribution in [2.45, 2.75) is 33.2 Å². The number of benzene rings is 2. The van der Waals surface area contributed by atoms with Gasteiger partial charge in [0.25, 0.3) is 0 Å². The highest BCUT2D eigenvalue weighted by molar-refractivity contribution is 6.33. The summed E-state index contributed by atoms with van der Waals surface area (Å²) in [6.45, 7) is 9.53. The van der Waals surface area contributed by atoms with Crippen molar-refractivity contribution in [1.82, 2.24) is 0 Å². The molecule has 0 aromatic heterocycles. The molecule has 0 saturated carbocycles. The second-order valence-corrected chi connectivity index (χ2v) is 7.97. The van der Waals surface area contributed by atoms with Crippen molar-refractivity contribution < 1.29 is 14.6 Å². The molecule has 0 atom stereocenters. The third kappa shape index (κ3) is 4.01.